The third-order valence-corrected chi connectivity index (χ3v) is 11.1. The van der Waals surface area contributed by atoms with E-state index in [2.05, 4.69) is 19.1 Å². The van der Waals surface area contributed by atoms with Crippen molar-refractivity contribution in [3.63, 3.8) is 0 Å². The number of likely N-dealkylation sites (N-methyl/N-ethyl adjacent to an activating group) is 1. The Morgan fingerprint density at radius 2 is 1.50 bits per heavy atom. The summed E-state index contributed by atoms with van der Waals surface area (Å²) in [6.07, 6.45) is 18.8. The van der Waals surface area contributed by atoms with Crippen LogP contribution in [-0.4, -0.2) is 93.6 Å². The number of hydrogen-bond donors (Lipinski definition) is 2. The Bertz CT molecular complexity index is 657. The molecule has 36 heavy (non-hydrogen) atoms. The summed E-state index contributed by atoms with van der Waals surface area (Å²) in [5.74, 6) is -0.189. The topological polar surface area (TPSA) is 116 Å². The molecule has 0 bridgehead atoms. The molecule has 10 heteroatoms. The van der Waals surface area contributed by atoms with E-state index < -0.39 is 53.3 Å². The Hall–Kier alpha value is 0.199. The van der Waals surface area contributed by atoms with E-state index in [1.807, 2.05) is 21.1 Å². The van der Waals surface area contributed by atoms with Gasteiger partial charge in [0.1, 0.15) is 0 Å². The third-order valence-electron chi connectivity index (χ3n) is 5.98. The van der Waals surface area contributed by atoms with Crippen molar-refractivity contribution >= 4 is 36.1 Å². The second kappa shape index (κ2) is 20.2. The summed E-state index contributed by atoms with van der Waals surface area (Å²) < 4.78 is 21.4. The molecule has 0 amide bonds. The van der Waals surface area contributed by atoms with Gasteiger partial charge in [-0.3, -0.25) is 0 Å². The van der Waals surface area contributed by atoms with Crippen LogP contribution in [0.5, 0.6) is 0 Å². The van der Waals surface area contributed by atoms with Crippen LogP contribution in [0.25, 0.3) is 0 Å². The van der Waals surface area contributed by atoms with Crippen LogP contribution in [0.3, 0.4) is 0 Å². The Balaban J connectivity index is 4.32. The summed E-state index contributed by atoms with van der Waals surface area (Å²) in [5, 5.41) is 18.2. The van der Waals surface area contributed by atoms with E-state index >= 15 is 0 Å². The molecule has 2 N–H and O–H groups in total. The van der Waals surface area contributed by atoms with Crippen molar-refractivity contribution in [2.24, 2.45) is 0 Å². The quantitative estimate of drug-likeness (QED) is 0.0547. The molecule has 3 unspecified atom stereocenters. The molecule has 0 rings (SSSR count). The van der Waals surface area contributed by atoms with Crippen molar-refractivity contribution in [1.82, 2.24) is 0 Å². The minimum atomic E-state index is -4.80. The first-order chi connectivity index (χ1) is 16.9. The maximum atomic E-state index is 13.1. The van der Waals surface area contributed by atoms with Gasteiger partial charge >= 0.3 is 188 Å². The van der Waals surface area contributed by atoms with Gasteiger partial charge in [0.05, 0.1) is 0 Å². The van der Waals surface area contributed by atoms with Gasteiger partial charge in [-0.25, -0.2) is 0 Å². The molecule has 3 atom stereocenters. The number of nitrogens with zero attached hydrogens (tertiary/aromatic N) is 1. The summed E-state index contributed by atoms with van der Waals surface area (Å²) in [6, 6.07) is 0. The van der Waals surface area contributed by atoms with Gasteiger partial charge in [0, 0.05) is 0 Å². The zero-order valence-electron chi connectivity index (χ0n) is 23.6. The van der Waals surface area contributed by atoms with Gasteiger partial charge in [0.2, 0.25) is 0 Å². The van der Waals surface area contributed by atoms with Gasteiger partial charge in [-0.2, -0.15) is 0 Å². The second-order valence-corrected chi connectivity index (χ2v) is 17.1. The van der Waals surface area contributed by atoms with Crippen molar-refractivity contribution in [1.29, 1.82) is 0 Å². The predicted molar refractivity (Wildman–Crippen MR) is 148 cm³/mol. The first-order valence-electron chi connectivity index (χ1n) is 13.8. The standard InChI is InChI=1S/C26H51NO7P.Sn.3H/c1-5-6-7-8-9-10-11-12-13-14-15-16-17-18-19-20-25(30)26(21-27(2,3)4)34-35(31,32)33-23-24(29)22-28;;;;/h12-13,24,28-29H,5-11,14-23H2,1-4H3;;;;/b13-12-;;;;. The maximum absolute atomic E-state index is 13.1. The molecule has 0 aromatic heterocycles. The number of rotatable bonds is 24. The number of carbonyl (C=O) groups excluding carboxylic acids is 1. The summed E-state index contributed by atoms with van der Waals surface area (Å²) in [5.41, 5.74) is 0. The van der Waals surface area contributed by atoms with Gasteiger partial charge in [-0.15, -0.1) is 0 Å². The van der Waals surface area contributed by atoms with E-state index in [-0.39, 0.29) is 18.7 Å². The number of hydrogen-bond acceptors (Lipinski definition) is 7. The van der Waals surface area contributed by atoms with Crippen LogP contribution in [0.15, 0.2) is 12.2 Å². The van der Waals surface area contributed by atoms with Crippen LogP contribution in [0.2, 0.25) is 0 Å². The van der Waals surface area contributed by atoms with E-state index in [1.165, 1.54) is 44.9 Å². The normalized spacial score (nSPS) is 16.8. The van der Waals surface area contributed by atoms with Crippen LogP contribution in [0.4, 0.5) is 0 Å². The molecule has 0 radical (unpaired) electrons. The first kappa shape index (κ1) is 36.2. The number of aliphatic hydroxyl groups is 2. The van der Waals surface area contributed by atoms with E-state index in [4.69, 9.17) is 14.2 Å². The molecular formula is C26H54NO7PSn. The van der Waals surface area contributed by atoms with E-state index in [9.17, 15) is 19.4 Å². The number of Topliss-reactive ketones (excluding diaryl/α,β-unsaturated/α-hetero) is 1. The Morgan fingerprint density at radius 1 is 1.00 bits per heavy atom. The van der Waals surface area contributed by atoms with Crippen LogP contribution < -0.4 is 4.89 Å². The third kappa shape index (κ3) is 20.2. The van der Waals surface area contributed by atoms with Crippen LogP contribution in [-0.2, 0) is 18.4 Å². The number of allylic oxidation sites excluding steroid dienone is 2. The van der Waals surface area contributed by atoms with Gasteiger partial charge in [0.15, 0.2) is 0 Å². The Morgan fingerprint density at radius 3 is 2.00 bits per heavy atom. The van der Waals surface area contributed by atoms with Gasteiger partial charge in [-0.1, -0.05) is 39.0 Å². The van der Waals surface area contributed by atoms with Crippen LogP contribution in [0, 0.1) is 0 Å². The Kier molecular flexibility index (Phi) is 20.3. The monoisotopic (exact) mass is 643 g/mol. The van der Waals surface area contributed by atoms with Crippen LogP contribution >= 0.6 is 7.82 Å². The molecule has 0 aromatic carbocycles. The van der Waals surface area contributed by atoms with Crippen molar-refractivity contribution in [2.75, 3.05) is 40.9 Å². The molecule has 0 aliphatic carbocycles. The first-order valence-corrected chi connectivity index (χ1v) is 18.1. The fraction of sp³-hybridized carbons (Fsp3) is 0.885. The van der Waals surface area contributed by atoms with Gasteiger partial charge in [0.25, 0.3) is 0 Å². The average Bonchev–Trinajstić information content (AvgIpc) is 2.78. The molecule has 0 aliphatic heterocycles. The molecular weight excluding hydrogens is 588 g/mol. The summed E-state index contributed by atoms with van der Waals surface area (Å²) >= 11 is -0.485. The molecule has 0 spiro atoms. The molecule has 0 fully saturated rings. The predicted octanol–water partition coefficient (Wildman–Crippen LogP) is 3.22. The molecule has 0 saturated heterocycles. The Labute approximate surface area is 233 Å². The molecule has 0 heterocycles. The number of unbranched alkanes of at least 4 members (excludes halogenated alkanes) is 11. The van der Waals surface area contributed by atoms with E-state index in [0.29, 0.717) is 10.9 Å². The van der Waals surface area contributed by atoms with Gasteiger partial charge < -0.3 is 0 Å². The zero-order chi connectivity index (χ0) is 27.5. The van der Waals surface area contributed by atoms with E-state index in [1.54, 1.807) is 0 Å². The van der Waals surface area contributed by atoms with Gasteiger partial charge in [-0.05, 0) is 6.42 Å². The molecule has 0 aromatic rings. The van der Waals surface area contributed by atoms with Crippen LogP contribution in [0.1, 0.15) is 96.8 Å². The summed E-state index contributed by atoms with van der Waals surface area (Å²) in [7, 11) is 0.850. The summed E-state index contributed by atoms with van der Waals surface area (Å²) in [6.45, 7) is 1.26. The van der Waals surface area contributed by atoms with Crippen molar-refractivity contribution in [3.8, 4) is 0 Å². The molecule has 214 valence electrons. The number of ketones is 1. The number of phosphoric ester groups is 1. The number of aliphatic hydroxyl groups excluding tert-OH is 2. The number of quaternary nitrogens is 1. The fourth-order valence-corrected chi connectivity index (χ4v) is 10.6. The van der Waals surface area contributed by atoms with Crippen molar-refractivity contribution in [2.45, 2.75) is 107 Å². The zero-order valence-corrected chi connectivity index (χ0v) is 30.2. The minimum absolute atomic E-state index is 0.189. The second-order valence-electron chi connectivity index (χ2n) is 11.1. The summed E-state index contributed by atoms with van der Waals surface area (Å²) in [4.78, 5) is 25.4. The number of phosphoric acid groups is 1. The fourth-order valence-electron chi connectivity index (χ4n) is 4.20. The van der Waals surface area contributed by atoms with Crippen molar-refractivity contribution in [3.05, 3.63) is 12.2 Å². The number of carbonyl (C=O) groups is 1. The van der Waals surface area contributed by atoms with Crippen molar-refractivity contribution < 1.29 is 38.0 Å². The SMILES string of the molecule is CCCCCCCC/C=C\CCCCCCCC(=O)[C]([SnH3])(C[N+](C)(C)C)OP(=O)([O-])OCC(O)CO. The molecule has 0 aliphatic rings. The van der Waals surface area contributed by atoms with E-state index in [0.717, 1.165) is 32.1 Å². The average molecular weight is 642 g/mol. The molecule has 0 saturated carbocycles. The molecule has 8 nitrogen and oxygen atoms in total.